The lowest BCUT2D eigenvalue weighted by molar-refractivity contribution is 0.436. The minimum absolute atomic E-state index is 0.327. The predicted molar refractivity (Wildman–Crippen MR) is 205 cm³/mol. The zero-order valence-electron chi connectivity index (χ0n) is 27.8. The van der Waals surface area contributed by atoms with Gasteiger partial charge in [0.2, 0.25) is 0 Å². The average Bonchev–Trinajstić information content (AvgIpc) is 3.46. The van der Waals surface area contributed by atoms with Gasteiger partial charge in [-0.1, -0.05) is 176 Å². The molecule has 1 atom stereocenters. The molecule has 0 radical (unpaired) electrons. The van der Waals surface area contributed by atoms with Crippen molar-refractivity contribution in [1.29, 1.82) is 0 Å². The summed E-state index contributed by atoms with van der Waals surface area (Å²) in [5.74, 6) is 1.79. The maximum absolute atomic E-state index is 7.04. The van der Waals surface area contributed by atoms with E-state index < -0.39 is 5.41 Å². The fraction of sp³-hybridized carbons (Fsp3) is 0.0612. The first kappa shape index (κ1) is 28.8. The third-order valence-corrected chi connectivity index (χ3v) is 11.3. The second-order valence-electron chi connectivity index (χ2n) is 13.7. The molecule has 0 bridgehead atoms. The maximum atomic E-state index is 7.04. The lowest BCUT2D eigenvalue weighted by atomic mass is 9.63. The van der Waals surface area contributed by atoms with E-state index in [1.807, 2.05) is 0 Å². The van der Waals surface area contributed by atoms with E-state index in [4.69, 9.17) is 4.74 Å². The van der Waals surface area contributed by atoms with Crippen molar-refractivity contribution in [1.82, 2.24) is 0 Å². The third kappa shape index (κ3) is 3.89. The van der Waals surface area contributed by atoms with E-state index in [9.17, 15) is 0 Å². The summed E-state index contributed by atoms with van der Waals surface area (Å²) in [5, 5.41) is 2.56. The van der Waals surface area contributed by atoms with Crippen LogP contribution in [0.1, 0.15) is 45.9 Å². The van der Waals surface area contributed by atoms with Gasteiger partial charge in [0.05, 0.1) is 5.41 Å². The SMILES string of the molecule is CC1(c2ccccc2)c2cc(-c3cccc4c3Oc3ccccc3C4(c3ccccc3)c3ccccc3)ccc2-c2c1ccc1ccccc21. The minimum atomic E-state index is -0.562. The molecular weight excluding hydrogens is 605 g/mol. The summed E-state index contributed by atoms with van der Waals surface area (Å²) in [4.78, 5) is 0. The monoisotopic (exact) mass is 638 g/mol. The Morgan fingerprint density at radius 2 is 1.04 bits per heavy atom. The third-order valence-electron chi connectivity index (χ3n) is 11.3. The van der Waals surface area contributed by atoms with Gasteiger partial charge >= 0.3 is 0 Å². The van der Waals surface area contributed by atoms with Crippen LogP contribution in [0.5, 0.6) is 11.5 Å². The van der Waals surface area contributed by atoms with Crippen LogP contribution in [0, 0.1) is 0 Å². The highest BCUT2D eigenvalue weighted by Crippen LogP contribution is 2.59. The van der Waals surface area contributed by atoms with E-state index in [-0.39, 0.29) is 5.41 Å². The molecule has 8 aromatic carbocycles. The molecular formula is C49H34O. The van der Waals surface area contributed by atoms with E-state index in [0.717, 1.165) is 33.8 Å². The van der Waals surface area contributed by atoms with Gasteiger partial charge in [-0.05, 0) is 74.3 Å². The molecule has 0 saturated carbocycles. The van der Waals surface area contributed by atoms with Crippen LogP contribution in [0.25, 0.3) is 33.0 Å². The van der Waals surface area contributed by atoms with Crippen LogP contribution < -0.4 is 4.74 Å². The normalized spacial score (nSPS) is 16.5. The number of ether oxygens (including phenoxy) is 1. The largest absolute Gasteiger partial charge is 0.456 e. The van der Waals surface area contributed by atoms with Gasteiger partial charge in [0.1, 0.15) is 11.5 Å². The Bertz CT molecular complexity index is 2530. The molecule has 1 nitrogen and oxygen atoms in total. The highest BCUT2D eigenvalue weighted by molar-refractivity contribution is 6.03. The van der Waals surface area contributed by atoms with Gasteiger partial charge in [-0.15, -0.1) is 0 Å². The molecule has 0 N–H and O–H groups in total. The Kier molecular flexibility index (Phi) is 6.29. The van der Waals surface area contributed by atoms with Gasteiger partial charge in [0.25, 0.3) is 0 Å². The molecule has 50 heavy (non-hydrogen) atoms. The van der Waals surface area contributed by atoms with Gasteiger partial charge in [-0.2, -0.15) is 0 Å². The highest BCUT2D eigenvalue weighted by Gasteiger charge is 2.46. The first-order chi connectivity index (χ1) is 24.7. The maximum Gasteiger partial charge on any atom is 0.140 e. The number of hydrogen-bond acceptors (Lipinski definition) is 1. The summed E-state index contributed by atoms with van der Waals surface area (Å²) in [6.45, 7) is 2.40. The summed E-state index contributed by atoms with van der Waals surface area (Å²) < 4.78 is 7.04. The molecule has 1 aliphatic carbocycles. The van der Waals surface area contributed by atoms with Crippen molar-refractivity contribution in [2.75, 3.05) is 0 Å². The van der Waals surface area contributed by atoms with Crippen molar-refractivity contribution >= 4 is 10.8 Å². The van der Waals surface area contributed by atoms with Crippen LogP contribution in [0.3, 0.4) is 0 Å². The fourth-order valence-electron chi connectivity index (χ4n) is 9.00. The summed E-state index contributed by atoms with van der Waals surface area (Å²) in [6.07, 6.45) is 0. The Labute approximate surface area is 293 Å². The van der Waals surface area contributed by atoms with Crippen molar-refractivity contribution in [3.05, 3.63) is 227 Å². The molecule has 1 heteroatoms. The summed E-state index contributed by atoms with van der Waals surface area (Å²) >= 11 is 0. The van der Waals surface area contributed by atoms with Gasteiger partial charge in [-0.3, -0.25) is 0 Å². The molecule has 2 aliphatic rings. The van der Waals surface area contributed by atoms with E-state index in [1.165, 1.54) is 49.7 Å². The zero-order chi connectivity index (χ0) is 33.3. The van der Waals surface area contributed by atoms with Crippen molar-refractivity contribution in [3.8, 4) is 33.8 Å². The van der Waals surface area contributed by atoms with Crippen LogP contribution in [0.2, 0.25) is 0 Å². The lowest BCUT2D eigenvalue weighted by Crippen LogP contribution is -2.34. The number of benzene rings is 8. The first-order valence-electron chi connectivity index (χ1n) is 17.4. The van der Waals surface area contributed by atoms with Gasteiger partial charge < -0.3 is 4.74 Å². The number of rotatable bonds is 4. The van der Waals surface area contributed by atoms with Gasteiger partial charge in [-0.25, -0.2) is 0 Å². The zero-order valence-corrected chi connectivity index (χ0v) is 27.8. The lowest BCUT2D eigenvalue weighted by Gasteiger charge is -2.42. The molecule has 0 amide bonds. The molecule has 0 spiro atoms. The molecule has 236 valence electrons. The Balaban J connectivity index is 1.25. The predicted octanol–water partition coefficient (Wildman–Crippen LogP) is 12.3. The highest BCUT2D eigenvalue weighted by atomic mass is 16.5. The smallest absolute Gasteiger partial charge is 0.140 e. The van der Waals surface area contributed by atoms with E-state index >= 15 is 0 Å². The van der Waals surface area contributed by atoms with Crippen molar-refractivity contribution in [2.45, 2.75) is 17.8 Å². The van der Waals surface area contributed by atoms with Crippen LogP contribution in [0.4, 0.5) is 0 Å². The summed E-state index contributed by atoms with van der Waals surface area (Å²) in [6, 6.07) is 68.6. The second-order valence-corrected chi connectivity index (χ2v) is 13.7. The molecule has 10 rings (SSSR count). The topological polar surface area (TPSA) is 9.23 Å². The summed E-state index contributed by atoms with van der Waals surface area (Å²) in [5.41, 5.74) is 12.7. The van der Waals surface area contributed by atoms with Crippen LogP contribution in [-0.4, -0.2) is 0 Å². The van der Waals surface area contributed by atoms with Gasteiger partial charge in [0.15, 0.2) is 0 Å². The van der Waals surface area contributed by atoms with Crippen LogP contribution in [-0.2, 0) is 10.8 Å². The fourth-order valence-corrected chi connectivity index (χ4v) is 9.00. The van der Waals surface area contributed by atoms with Crippen molar-refractivity contribution in [3.63, 3.8) is 0 Å². The Hall–Kier alpha value is -6.18. The van der Waals surface area contributed by atoms with Crippen molar-refractivity contribution in [2.24, 2.45) is 0 Å². The Morgan fingerprint density at radius 3 is 1.78 bits per heavy atom. The van der Waals surface area contributed by atoms with E-state index in [1.54, 1.807) is 0 Å². The van der Waals surface area contributed by atoms with E-state index in [0.29, 0.717) is 0 Å². The quantitative estimate of drug-likeness (QED) is 0.186. The molecule has 1 unspecified atom stereocenters. The van der Waals surface area contributed by atoms with Crippen LogP contribution >= 0.6 is 0 Å². The molecule has 1 aliphatic heterocycles. The first-order valence-corrected chi connectivity index (χ1v) is 17.4. The number of para-hydroxylation sites is 2. The van der Waals surface area contributed by atoms with E-state index in [2.05, 4.69) is 195 Å². The molecule has 1 heterocycles. The standard InChI is InChI=1S/C49H34O/c1-48(35-17-5-2-6-18-35)42-31-29-33-16-11-12-23-38(33)46(42)40-30-28-34(32-44(40)48)39-24-15-26-43-47(39)50-45-27-14-13-25-41(45)49(43,36-19-7-3-8-20-36)37-21-9-4-10-22-37/h2-32H,1H3. The van der Waals surface area contributed by atoms with Gasteiger partial charge in [0, 0.05) is 22.1 Å². The number of fused-ring (bicyclic) bond motifs is 7. The number of hydrogen-bond donors (Lipinski definition) is 0. The van der Waals surface area contributed by atoms with Crippen LogP contribution in [0.15, 0.2) is 188 Å². The van der Waals surface area contributed by atoms with Crippen molar-refractivity contribution < 1.29 is 4.74 Å². The second kappa shape index (κ2) is 10.9. The molecule has 0 fully saturated rings. The molecule has 0 saturated heterocycles. The molecule has 8 aromatic rings. The molecule has 0 aromatic heterocycles. The average molecular weight is 639 g/mol. The summed E-state index contributed by atoms with van der Waals surface area (Å²) in [7, 11) is 0. The minimum Gasteiger partial charge on any atom is -0.456 e. The Morgan fingerprint density at radius 1 is 0.420 bits per heavy atom.